The first-order chi connectivity index (χ1) is 15.9. The number of likely N-dealkylation sites (N-methyl/N-ethyl adjacent to an activating group) is 1. The van der Waals surface area contributed by atoms with Crippen LogP contribution in [0.5, 0.6) is 5.75 Å². The van der Waals surface area contributed by atoms with Crippen LogP contribution in [0.1, 0.15) is 42.9 Å². The largest absolute Gasteiger partial charge is 0.487 e. The molecule has 3 heterocycles. The Kier molecular flexibility index (Phi) is 5.56. The highest BCUT2D eigenvalue weighted by Gasteiger charge is 2.39. The van der Waals surface area contributed by atoms with Crippen molar-refractivity contribution in [2.75, 3.05) is 20.1 Å². The van der Waals surface area contributed by atoms with Gasteiger partial charge in [-0.05, 0) is 36.6 Å². The maximum Gasteiger partial charge on any atom is 0.209 e. The van der Waals surface area contributed by atoms with Crippen molar-refractivity contribution in [2.24, 2.45) is 5.92 Å². The van der Waals surface area contributed by atoms with Gasteiger partial charge in [-0.3, -0.25) is 14.8 Å². The number of carbonyl (C=O) groups excluding carboxylic acids is 1. The van der Waals surface area contributed by atoms with E-state index in [9.17, 15) is 4.79 Å². The van der Waals surface area contributed by atoms with Gasteiger partial charge in [-0.2, -0.15) is 5.10 Å². The SMILES string of the molecule is CC(C)C[C@H]1[C@H](c2c(F)cc(OC3CN(C=O)C3)cc2F)c2ccc3[nH]ncc3c2CN1C. The first kappa shape index (κ1) is 21.8. The van der Waals surface area contributed by atoms with Crippen LogP contribution < -0.4 is 4.74 Å². The third-order valence-electron chi connectivity index (χ3n) is 6.87. The number of nitrogens with one attached hydrogen (secondary N) is 1. The zero-order valence-electron chi connectivity index (χ0n) is 19.0. The predicted molar refractivity (Wildman–Crippen MR) is 121 cm³/mol. The van der Waals surface area contributed by atoms with Crippen molar-refractivity contribution >= 4 is 17.3 Å². The molecule has 6 nitrogen and oxygen atoms in total. The fraction of sp³-hybridized carbons (Fsp3) is 0.440. The topological polar surface area (TPSA) is 61.5 Å². The number of rotatable bonds is 6. The Bertz CT molecular complexity index is 1170. The minimum absolute atomic E-state index is 0.0506. The fourth-order valence-corrected chi connectivity index (χ4v) is 5.28. The number of halogens is 2. The van der Waals surface area contributed by atoms with Crippen LogP contribution in [0.4, 0.5) is 8.78 Å². The van der Waals surface area contributed by atoms with E-state index >= 15 is 8.78 Å². The van der Waals surface area contributed by atoms with Crippen LogP contribution >= 0.6 is 0 Å². The molecule has 1 N–H and O–H groups in total. The second-order valence-electron chi connectivity index (χ2n) is 9.65. The minimum Gasteiger partial charge on any atom is -0.487 e. The van der Waals surface area contributed by atoms with Gasteiger partial charge in [0.2, 0.25) is 6.41 Å². The van der Waals surface area contributed by atoms with E-state index in [4.69, 9.17) is 4.74 Å². The van der Waals surface area contributed by atoms with Gasteiger partial charge in [0.15, 0.2) is 0 Å². The Morgan fingerprint density at radius 1 is 1.24 bits per heavy atom. The first-order valence-corrected chi connectivity index (χ1v) is 11.4. The number of H-pyrrole nitrogens is 1. The zero-order chi connectivity index (χ0) is 23.3. The van der Waals surface area contributed by atoms with E-state index < -0.39 is 17.6 Å². The molecular weight excluding hydrogens is 426 g/mol. The summed E-state index contributed by atoms with van der Waals surface area (Å²) in [6, 6.07) is 6.42. The number of likely N-dealkylation sites (tertiary alicyclic amines) is 1. The van der Waals surface area contributed by atoms with Crippen LogP contribution in [-0.2, 0) is 11.3 Å². The molecule has 2 aliphatic heterocycles. The molecule has 1 saturated heterocycles. The molecule has 2 atom stereocenters. The summed E-state index contributed by atoms with van der Waals surface area (Å²) in [5.41, 5.74) is 2.99. The standard InChI is InChI=1S/C25H28F2N4O2/c1-14(2)6-23-24(17-4-5-22-18(9-28-29-22)19(17)12-30(23)3)25-20(26)7-15(8-21(25)27)33-16-10-31(11-16)13-32/h4-5,7-9,13-14,16,23-24H,6,10-12H2,1-3H3,(H,28,29)/t23-,24+/m0/s1. The Morgan fingerprint density at radius 2 is 1.97 bits per heavy atom. The van der Waals surface area contributed by atoms with Gasteiger partial charge in [-0.1, -0.05) is 19.9 Å². The van der Waals surface area contributed by atoms with Crippen molar-refractivity contribution in [1.29, 1.82) is 0 Å². The molecule has 1 fully saturated rings. The number of carbonyl (C=O) groups is 1. The Balaban J connectivity index is 1.57. The van der Waals surface area contributed by atoms with Gasteiger partial charge in [-0.25, -0.2) is 8.78 Å². The predicted octanol–water partition coefficient (Wildman–Crippen LogP) is 4.05. The lowest BCUT2D eigenvalue weighted by Crippen LogP contribution is -2.52. The molecule has 3 aromatic rings. The molecule has 0 spiro atoms. The number of ether oxygens (including phenoxy) is 1. The fourth-order valence-electron chi connectivity index (χ4n) is 5.28. The first-order valence-electron chi connectivity index (χ1n) is 11.4. The maximum atomic E-state index is 15.6. The highest BCUT2D eigenvalue weighted by atomic mass is 19.1. The number of hydrogen-bond donors (Lipinski definition) is 1. The Labute approximate surface area is 191 Å². The van der Waals surface area contributed by atoms with Crippen molar-refractivity contribution in [1.82, 2.24) is 20.0 Å². The third-order valence-corrected chi connectivity index (χ3v) is 6.87. The zero-order valence-corrected chi connectivity index (χ0v) is 19.0. The van der Waals surface area contributed by atoms with Gasteiger partial charge in [0.05, 0.1) is 24.8 Å². The smallest absolute Gasteiger partial charge is 0.209 e. The average Bonchev–Trinajstić information content (AvgIpc) is 3.21. The van der Waals surface area contributed by atoms with Crippen molar-refractivity contribution < 1.29 is 18.3 Å². The summed E-state index contributed by atoms with van der Waals surface area (Å²) in [4.78, 5) is 14.5. The van der Waals surface area contributed by atoms with E-state index in [1.165, 1.54) is 12.1 Å². The molecule has 5 rings (SSSR count). The monoisotopic (exact) mass is 454 g/mol. The van der Waals surface area contributed by atoms with E-state index in [1.54, 1.807) is 11.1 Å². The summed E-state index contributed by atoms with van der Waals surface area (Å²) in [6.07, 6.45) is 3.09. The van der Waals surface area contributed by atoms with E-state index in [0.29, 0.717) is 25.6 Å². The van der Waals surface area contributed by atoms with Crippen LogP contribution in [0.3, 0.4) is 0 Å². The van der Waals surface area contributed by atoms with E-state index in [0.717, 1.165) is 34.9 Å². The van der Waals surface area contributed by atoms with Crippen molar-refractivity contribution in [2.45, 2.75) is 44.9 Å². The van der Waals surface area contributed by atoms with Crippen LogP contribution in [0.25, 0.3) is 10.9 Å². The second-order valence-corrected chi connectivity index (χ2v) is 9.65. The van der Waals surface area contributed by atoms with E-state index in [1.807, 2.05) is 19.2 Å². The van der Waals surface area contributed by atoms with Gasteiger partial charge < -0.3 is 9.64 Å². The summed E-state index contributed by atoms with van der Waals surface area (Å²) in [7, 11) is 2.02. The molecule has 1 amide bonds. The lowest BCUT2D eigenvalue weighted by atomic mass is 9.75. The van der Waals surface area contributed by atoms with Gasteiger partial charge in [-0.15, -0.1) is 0 Å². The summed E-state index contributed by atoms with van der Waals surface area (Å²) in [5.74, 6) is -1.15. The molecule has 0 saturated carbocycles. The van der Waals surface area contributed by atoms with E-state index in [2.05, 4.69) is 28.9 Å². The normalized spacial score (nSPS) is 21.3. The number of amides is 1. The highest BCUT2D eigenvalue weighted by molar-refractivity contribution is 5.83. The summed E-state index contributed by atoms with van der Waals surface area (Å²) in [5, 5.41) is 8.14. The lowest BCUT2D eigenvalue weighted by Gasteiger charge is -2.42. The number of fused-ring (bicyclic) bond motifs is 3. The molecule has 0 unspecified atom stereocenters. The van der Waals surface area contributed by atoms with E-state index in [-0.39, 0.29) is 23.5 Å². The van der Waals surface area contributed by atoms with Gasteiger partial charge in [0.25, 0.3) is 0 Å². The molecule has 174 valence electrons. The average molecular weight is 455 g/mol. The minimum atomic E-state index is -0.608. The summed E-state index contributed by atoms with van der Waals surface area (Å²) in [6.45, 7) is 5.80. The van der Waals surface area contributed by atoms with Crippen LogP contribution in [-0.4, -0.2) is 58.7 Å². The molecule has 33 heavy (non-hydrogen) atoms. The Hall–Kier alpha value is -3.00. The molecule has 8 heteroatoms. The molecule has 0 aliphatic carbocycles. The summed E-state index contributed by atoms with van der Waals surface area (Å²) < 4.78 is 36.9. The molecule has 0 bridgehead atoms. The third kappa shape index (κ3) is 3.86. The number of aromatic amines is 1. The number of benzene rings is 2. The molecule has 2 aromatic carbocycles. The maximum absolute atomic E-state index is 15.6. The second kappa shape index (κ2) is 8.41. The van der Waals surface area contributed by atoms with Gasteiger partial charge in [0.1, 0.15) is 23.5 Å². The Morgan fingerprint density at radius 3 is 2.64 bits per heavy atom. The van der Waals surface area contributed by atoms with Crippen LogP contribution in [0, 0.1) is 17.6 Å². The number of aromatic nitrogens is 2. The van der Waals surface area contributed by atoms with Crippen molar-refractivity contribution in [3.05, 3.63) is 58.8 Å². The van der Waals surface area contributed by atoms with Gasteiger partial charge >= 0.3 is 0 Å². The lowest BCUT2D eigenvalue weighted by molar-refractivity contribution is -0.126. The van der Waals surface area contributed by atoms with Crippen molar-refractivity contribution in [3.8, 4) is 5.75 Å². The number of nitrogens with zero attached hydrogens (tertiary/aromatic N) is 3. The molecule has 0 radical (unpaired) electrons. The quantitative estimate of drug-likeness (QED) is 0.571. The highest BCUT2D eigenvalue weighted by Crippen LogP contribution is 2.44. The summed E-state index contributed by atoms with van der Waals surface area (Å²) >= 11 is 0. The molecular formula is C25H28F2N4O2. The van der Waals surface area contributed by atoms with Crippen molar-refractivity contribution in [3.63, 3.8) is 0 Å². The van der Waals surface area contributed by atoms with Crippen LogP contribution in [0.15, 0.2) is 30.5 Å². The molecule has 2 aliphatic rings. The molecule has 1 aromatic heterocycles. The van der Waals surface area contributed by atoms with Crippen LogP contribution in [0.2, 0.25) is 0 Å². The number of hydrogen-bond acceptors (Lipinski definition) is 4. The van der Waals surface area contributed by atoms with Gasteiger partial charge in [0, 0.05) is 41.6 Å².